The minimum absolute atomic E-state index is 0.144. The van der Waals surface area contributed by atoms with Gasteiger partial charge in [0.1, 0.15) is 0 Å². The van der Waals surface area contributed by atoms with Crippen LogP contribution in [0, 0.1) is 10.1 Å². The molecule has 1 aromatic carbocycles. The van der Waals surface area contributed by atoms with Crippen molar-refractivity contribution in [3.8, 4) is 0 Å². The number of benzene rings is 1. The number of nitrogens with zero attached hydrogens (tertiary/aromatic N) is 2. The molecule has 0 bridgehead atoms. The van der Waals surface area contributed by atoms with Gasteiger partial charge in [0, 0.05) is 42.6 Å². The molecule has 0 spiro atoms. The van der Waals surface area contributed by atoms with E-state index in [4.69, 9.17) is 16.3 Å². The number of ether oxygens (including phenoxy) is 1. The summed E-state index contributed by atoms with van der Waals surface area (Å²) >= 11 is 5.74. The van der Waals surface area contributed by atoms with E-state index < -0.39 is 22.1 Å². The maximum Gasteiger partial charge on any atom is 0.336 e. The van der Waals surface area contributed by atoms with E-state index >= 15 is 0 Å². The summed E-state index contributed by atoms with van der Waals surface area (Å²) in [5.74, 6) is -1.47. The van der Waals surface area contributed by atoms with Crippen LogP contribution in [0.5, 0.6) is 0 Å². The Bertz CT molecular complexity index is 784. The summed E-state index contributed by atoms with van der Waals surface area (Å²) in [5.41, 5.74) is 1.18. The van der Waals surface area contributed by atoms with E-state index in [0.717, 1.165) is 0 Å². The number of methoxy groups -OCH3 is 1. The summed E-state index contributed by atoms with van der Waals surface area (Å²) in [5, 5.41) is 10.3. The van der Waals surface area contributed by atoms with E-state index in [-0.39, 0.29) is 16.8 Å². The number of esters is 1. The smallest absolute Gasteiger partial charge is 0.336 e. The maximum absolute atomic E-state index is 12.2. The summed E-state index contributed by atoms with van der Waals surface area (Å²) in [6.07, 6.45) is 1.54. The lowest BCUT2D eigenvalue weighted by atomic mass is 9.82. The molecule has 1 aromatic rings. The Morgan fingerprint density at radius 2 is 2.04 bits per heavy atom. The topological polar surface area (TPSA) is 89.8 Å². The highest BCUT2D eigenvalue weighted by Gasteiger charge is 2.36. The van der Waals surface area contributed by atoms with Gasteiger partial charge in [-0.3, -0.25) is 14.9 Å². The number of halogens is 1. The fourth-order valence-corrected chi connectivity index (χ4v) is 2.89. The number of nitro groups is 1. The van der Waals surface area contributed by atoms with Gasteiger partial charge in [0.05, 0.1) is 17.6 Å². The first-order valence-electron chi connectivity index (χ1n) is 6.95. The van der Waals surface area contributed by atoms with E-state index in [1.807, 2.05) is 0 Å². The van der Waals surface area contributed by atoms with Gasteiger partial charge in [-0.2, -0.15) is 0 Å². The quantitative estimate of drug-likeness (QED) is 0.359. The van der Waals surface area contributed by atoms with Gasteiger partial charge in [0.25, 0.3) is 10.9 Å². The number of hydrogen-bond donors (Lipinski definition) is 0. The third kappa shape index (κ3) is 3.16. The lowest BCUT2D eigenvalue weighted by molar-refractivity contribution is -0.384. The number of carbonyl (C=O) groups is 2. The van der Waals surface area contributed by atoms with Crippen LogP contribution in [0.2, 0.25) is 0 Å². The Hall–Kier alpha value is -2.67. The van der Waals surface area contributed by atoms with Crippen LogP contribution < -0.4 is 0 Å². The molecule has 24 heavy (non-hydrogen) atoms. The van der Waals surface area contributed by atoms with Crippen LogP contribution in [0.15, 0.2) is 47.3 Å². The third-order valence-corrected chi connectivity index (χ3v) is 4.10. The zero-order valence-electron chi connectivity index (χ0n) is 13.3. The van der Waals surface area contributed by atoms with E-state index in [0.29, 0.717) is 11.3 Å². The summed E-state index contributed by atoms with van der Waals surface area (Å²) in [4.78, 5) is 36.2. The van der Waals surface area contributed by atoms with Crippen molar-refractivity contribution in [3.63, 3.8) is 0 Å². The van der Waals surface area contributed by atoms with Crippen molar-refractivity contribution in [2.45, 2.75) is 12.8 Å². The van der Waals surface area contributed by atoms with Gasteiger partial charge in [-0.1, -0.05) is 12.1 Å². The van der Waals surface area contributed by atoms with Gasteiger partial charge in [0.15, 0.2) is 0 Å². The van der Waals surface area contributed by atoms with Crippen molar-refractivity contribution >= 4 is 28.5 Å². The molecular formula is C16H15ClN2O5. The number of carbonyl (C=O) groups excluding carboxylic acids is 2. The maximum atomic E-state index is 12.2. The van der Waals surface area contributed by atoms with Crippen LogP contribution in [0.4, 0.5) is 5.69 Å². The molecule has 0 fully saturated rings. The SMILES string of the molecule is COC(=O)C1=CN(C)C(C)=C(C(=O)Cl)C1c1cccc([N+](=O)[O-])c1. The molecule has 7 nitrogen and oxygen atoms in total. The predicted molar refractivity (Wildman–Crippen MR) is 87.3 cm³/mol. The molecule has 126 valence electrons. The molecule has 1 atom stereocenters. The number of non-ortho nitro benzene ring substituents is 1. The monoisotopic (exact) mass is 350 g/mol. The molecule has 2 rings (SSSR count). The van der Waals surface area contributed by atoms with Crippen LogP contribution >= 0.6 is 11.6 Å². The molecule has 1 aliphatic heterocycles. The Morgan fingerprint density at radius 3 is 2.58 bits per heavy atom. The molecule has 1 unspecified atom stereocenters. The average molecular weight is 351 g/mol. The fourth-order valence-electron chi connectivity index (χ4n) is 2.64. The van der Waals surface area contributed by atoms with E-state index in [1.165, 1.54) is 31.5 Å². The van der Waals surface area contributed by atoms with E-state index in [9.17, 15) is 19.7 Å². The van der Waals surface area contributed by atoms with Crippen LogP contribution in [0.25, 0.3) is 0 Å². The first kappa shape index (κ1) is 17.7. The number of rotatable bonds is 4. The minimum atomic E-state index is -0.835. The first-order valence-corrected chi connectivity index (χ1v) is 7.33. The molecule has 8 heteroatoms. The fraction of sp³-hybridized carbons (Fsp3) is 0.250. The summed E-state index contributed by atoms with van der Waals surface area (Å²) in [7, 11) is 2.89. The molecule has 0 saturated heterocycles. The molecular weight excluding hydrogens is 336 g/mol. The zero-order chi connectivity index (χ0) is 18.0. The van der Waals surface area contributed by atoms with E-state index in [2.05, 4.69) is 0 Å². The second-order valence-electron chi connectivity index (χ2n) is 5.24. The summed E-state index contributed by atoms with van der Waals surface area (Å²) in [6, 6.07) is 5.75. The van der Waals surface area contributed by atoms with Crippen LogP contribution in [-0.2, 0) is 14.3 Å². The molecule has 0 saturated carbocycles. The van der Waals surface area contributed by atoms with Crippen molar-refractivity contribution in [1.29, 1.82) is 0 Å². The Balaban J connectivity index is 2.69. The lowest BCUT2D eigenvalue weighted by Crippen LogP contribution is -2.28. The van der Waals surface area contributed by atoms with Crippen molar-refractivity contribution in [3.05, 3.63) is 63.0 Å². The third-order valence-electron chi connectivity index (χ3n) is 3.90. The van der Waals surface area contributed by atoms with Crippen molar-refractivity contribution in [2.24, 2.45) is 0 Å². The van der Waals surface area contributed by atoms with Crippen LogP contribution in [0.1, 0.15) is 18.4 Å². The summed E-state index contributed by atoms with van der Waals surface area (Å²) < 4.78 is 4.79. The first-order chi connectivity index (χ1) is 11.3. The second-order valence-corrected chi connectivity index (χ2v) is 5.59. The standard InChI is InChI=1S/C16H15ClN2O5/c1-9-13(15(17)20)14(12(8-18(9)2)16(21)24-3)10-5-4-6-11(7-10)19(22)23/h4-8,14H,1-3H3. The molecule has 0 amide bonds. The Morgan fingerprint density at radius 1 is 1.38 bits per heavy atom. The van der Waals surface area contributed by atoms with Crippen molar-refractivity contribution < 1.29 is 19.2 Å². The second kappa shape index (κ2) is 6.84. The largest absolute Gasteiger partial charge is 0.466 e. The predicted octanol–water partition coefficient (Wildman–Crippen LogP) is 2.72. The highest BCUT2D eigenvalue weighted by Crippen LogP contribution is 2.40. The van der Waals surface area contributed by atoms with Gasteiger partial charge >= 0.3 is 5.97 Å². The Labute approximate surface area is 143 Å². The van der Waals surface area contributed by atoms with Gasteiger partial charge in [-0.05, 0) is 24.1 Å². The molecule has 0 N–H and O–H groups in total. The normalized spacial score (nSPS) is 17.4. The van der Waals surface area contributed by atoms with Gasteiger partial charge < -0.3 is 9.64 Å². The summed E-state index contributed by atoms with van der Waals surface area (Å²) in [6.45, 7) is 1.69. The molecule has 0 aromatic heterocycles. The number of allylic oxidation sites excluding steroid dienone is 2. The van der Waals surface area contributed by atoms with Crippen molar-refractivity contribution in [1.82, 2.24) is 4.90 Å². The van der Waals surface area contributed by atoms with E-state index in [1.54, 1.807) is 24.9 Å². The molecule has 0 aliphatic carbocycles. The van der Waals surface area contributed by atoms with Gasteiger partial charge in [-0.25, -0.2) is 4.79 Å². The van der Waals surface area contributed by atoms with Crippen LogP contribution in [0.3, 0.4) is 0 Å². The highest BCUT2D eigenvalue weighted by atomic mass is 35.5. The number of hydrogen-bond acceptors (Lipinski definition) is 6. The molecule has 0 radical (unpaired) electrons. The Kier molecular flexibility index (Phi) is 5.04. The average Bonchev–Trinajstić information content (AvgIpc) is 2.55. The molecule has 1 heterocycles. The minimum Gasteiger partial charge on any atom is -0.466 e. The highest BCUT2D eigenvalue weighted by molar-refractivity contribution is 6.68. The van der Waals surface area contributed by atoms with Gasteiger partial charge in [-0.15, -0.1) is 0 Å². The van der Waals surface area contributed by atoms with Crippen LogP contribution in [-0.4, -0.2) is 35.2 Å². The van der Waals surface area contributed by atoms with Gasteiger partial charge in [0.2, 0.25) is 0 Å². The van der Waals surface area contributed by atoms with Crippen molar-refractivity contribution in [2.75, 3.05) is 14.2 Å². The number of nitro benzene ring substituents is 1. The zero-order valence-corrected chi connectivity index (χ0v) is 14.0. The molecule has 1 aliphatic rings. The lowest BCUT2D eigenvalue weighted by Gasteiger charge is -2.31.